The minimum absolute atomic E-state index is 0.0789. The van der Waals surface area contributed by atoms with Gasteiger partial charge in [-0.15, -0.1) is 0 Å². The lowest BCUT2D eigenvalue weighted by Crippen LogP contribution is -2.29. The second kappa shape index (κ2) is 8.84. The number of hydrogen-bond acceptors (Lipinski definition) is 5. The first-order chi connectivity index (χ1) is 15.3. The van der Waals surface area contributed by atoms with Gasteiger partial charge in [0.15, 0.2) is 5.76 Å². The minimum Gasteiger partial charge on any atom is -0.467 e. The van der Waals surface area contributed by atoms with Crippen molar-refractivity contribution in [3.63, 3.8) is 0 Å². The van der Waals surface area contributed by atoms with Crippen LogP contribution in [0.5, 0.6) is 0 Å². The van der Waals surface area contributed by atoms with E-state index in [4.69, 9.17) is 8.83 Å². The summed E-state index contributed by atoms with van der Waals surface area (Å²) in [5.74, 6) is -0.477. The highest BCUT2D eigenvalue weighted by Crippen LogP contribution is 2.25. The maximum atomic E-state index is 13.3. The van der Waals surface area contributed by atoms with Gasteiger partial charge < -0.3 is 13.7 Å². The summed E-state index contributed by atoms with van der Waals surface area (Å²) in [4.78, 5) is 14.7. The number of furan rings is 2. The third-order valence-corrected chi connectivity index (χ3v) is 6.53. The first kappa shape index (κ1) is 21.6. The normalized spacial score (nSPS) is 11.4. The number of sulfone groups is 1. The highest BCUT2D eigenvalue weighted by Gasteiger charge is 2.26. The quantitative estimate of drug-likeness (QED) is 0.394. The standard InChI is InChI=1S/C24H20FNO5S/c1-17-4-10-21(11-5-17)32(28,29)23-13-12-22(31-23)24(27)26(16-20-3-2-14-30-20)15-18-6-8-19(25)9-7-18/h2-14H,15-16H2,1H3. The molecule has 0 aliphatic heterocycles. The molecule has 8 heteroatoms. The fraction of sp³-hybridized carbons (Fsp3) is 0.125. The molecule has 6 nitrogen and oxygen atoms in total. The van der Waals surface area contributed by atoms with E-state index < -0.39 is 15.7 Å². The van der Waals surface area contributed by atoms with Crippen molar-refractivity contribution in [1.29, 1.82) is 0 Å². The predicted molar refractivity (Wildman–Crippen MR) is 114 cm³/mol. The first-order valence-corrected chi connectivity index (χ1v) is 11.3. The molecule has 0 aliphatic carbocycles. The monoisotopic (exact) mass is 453 g/mol. The van der Waals surface area contributed by atoms with Gasteiger partial charge in [-0.1, -0.05) is 29.8 Å². The molecule has 2 heterocycles. The Labute approximate surface area is 184 Å². The Kier molecular flexibility index (Phi) is 5.96. The van der Waals surface area contributed by atoms with Gasteiger partial charge in [0.05, 0.1) is 17.7 Å². The smallest absolute Gasteiger partial charge is 0.290 e. The average Bonchev–Trinajstić information content (AvgIpc) is 3.47. The fourth-order valence-corrected chi connectivity index (χ4v) is 4.34. The van der Waals surface area contributed by atoms with E-state index in [1.54, 1.807) is 36.4 Å². The second-order valence-corrected chi connectivity index (χ2v) is 9.18. The molecule has 0 fully saturated rings. The molecule has 0 aliphatic rings. The van der Waals surface area contributed by atoms with Crippen LogP contribution in [0.3, 0.4) is 0 Å². The second-order valence-electron chi connectivity index (χ2n) is 7.30. The zero-order valence-corrected chi connectivity index (χ0v) is 18.0. The topological polar surface area (TPSA) is 80.7 Å². The van der Waals surface area contributed by atoms with Gasteiger partial charge in [-0.3, -0.25) is 4.79 Å². The summed E-state index contributed by atoms with van der Waals surface area (Å²) in [7, 11) is -3.91. The molecule has 0 unspecified atom stereocenters. The van der Waals surface area contributed by atoms with Gasteiger partial charge >= 0.3 is 0 Å². The number of hydrogen-bond donors (Lipinski definition) is 0. The number of amides is 1. The van der Waals surface area contributed by atoms with Crippen LogP contribution in [0.2, 0.25) is 0 Å². The number of carbonyl (C=O) groups excluding carboxylic acids is 1. The molecule has 0 saturated heterocycles. The van der Waals surface area contributed by atoms with E-state index in [-0.39, 0.29) is 34.7 Å². The number of halogens is 1. The van der Waals surface area contributed by atoms with E-state index in [9.17, 15) is 17.6 Å². The van der Waals surface area contributed by atoms with Crippen molar-refractivity contribution >= 4 is 15.7 Å². The van der Waals surface area contributed by atoms with Gasteiger partial charge in [0, 0.05) is 6.54 Å². The van der Waals surface area contributed by atoms with E-state index in [2.05, 4.69) is 0 Å². The predicted octanol–water partition coefficient (Wildman–Crippen LogP) is 5.00. The van der Waals surface area contributed by atoms with Crippen molar-refractivity contribution in [2.24, 2.45) is 0 Å². The Bertz CT molecular complexity index is 1310. The SMILES string of the molecule is Cc1ccc(S(=O)(=O)c2ccc(C(=O)N(Cc3ccc(F)cc3)Cc3ccco3)o2)cc1. The maximum Gasteiger partial charge on any atom is 0.290 e. The number of nitrogens with zero attached hydrogens (tertiary/aromatic N) is 1. The van der Waals surface area contributed by atoms with Crippen LogP contribution >= 0.6 is 0 Å². The minimum atomic E-state index is -3.91. The average molecular weight is 453 g/mol. The molecule has 1 amide bonds. The molecule has 4 rings (SSSR count). The molecular formula is C24H20FNO5S. The third-order valence-electron chi connectivity index (χ3n) is 4.89. The first-order valence-electron chi connectivity index (χ1n) is 9.80. The molecule has 0 bridgehead atoms. The van der Waals surface area contributed by atoms with Gasteiger partial charge in [0.25, 0.3) is 5.91 Å². The summed E-state index contributed by atoms with van der Waals surface area (Å²) in [5.41, 5.74) is 1.62. The van der Waals surface area contributed by atoms with Crippen LogP contribution in [0.1, 0.15) is 27.4 Å². The zero-order chi connectivity index (χ0) is 22.7. The molecule has 2 aromatic carbocycles. The van der Waals surface area contributed by atoms with Gasteiger partial charge in [-0.25, -0.2) is 12.8 Å². The summed E-state index contributed by atoms with van der Waals surface area (Å²) in [6, 6.07) is 18.2. The summed E-state index contributed by atoms with van der Waals surface area (Å²) < 4.78 is 49.8. The van der Waals surface area contributed by atoms with Gasteiger partial charge in [-0.05, 0) is 61.0 Å². The Hall–Kier alpha value is -3.65. The van der Waals surface area contributed by atoms with Crippen molar-refractivity contribution in [3.05, 3.63) is 108 Å². The Morgan fingerprint density at radius 3 is 2.31 bits per heavy atom. The lowest BCUT2D eigenvalue weighted by atomic mass is 10.2. The van der Waals surface area contributed by atoms with Crippen molar-refractivity contribution in [2.75, 3.05) is 0 Å². The Balaban J connectivity index is 1.61. The Morgan fingerprint density at radius 2 is 1.66 bits per heavy atom. The van der Waals surface area contributed by atoms with E-state index >= 15 is 0 Å². The molecule has 4 aromatic rings. The summed E-state index contributed by atoms with van der Waals surface area (Å²) in [6.07, 6.45) is 1.50. The number of aryl methyl sites for hydroxylation is 1. The molecule has 0 radical (unpaired) electrons. The number of carbonyl (C=O) groups is 1. The van der Waals surface area contributed by atoms with Crippen LogP contribution < -0.4 is 0 Å². The van der Waals surface area contributed by atoms with Crippen LogP contribution in [0.4, 0.5) is 4.39 Å². The maximum absolute atomic E-state index is 13.3. The summed E-state index contributed by atoms with van der Waals surface area (Å²) in [6.45, 7) is 2.14. The van der Waals surface area contributed by atoms with E-state index in [1.165, 1.54) is 47.6 Å². The lowest BCUT2D eigenvalue weighted by Gasteiger charge is -2.20. The highest BCUT2D eigenvalue weighted by atomic mass is 32.2. The van der Waals surface area contributed by atoms with E-state index in [0.29, 0.717) is 11.3 Å². The molecule has 0 saturated carbocycles. The largest absolute Gasteiger partial charge is 0.467 e. The Morgan fingerprint density at radius 1 is 0.938 bits per heavy atom. The molecule has 0 spiro atoms. The van der Waals surface area contributed by atoms with Crippen LogP contribution in [-0.2, 0) is 22.9 Å². The van der Waals surface area contributed by atoms with Gasteiger partial charge in [0.2, 0.25) is 14.9 Å². The van der Waals surface area contributed by atoms with Crippen molar-refractivity contribution in [1.82, 2.24) is 4.90 Å². The van der Waals surface area contributed by atoms with Crippen molar-refractivity contribution in [3.8, 4) is 0 Å². The molecule has 0 atom stereocenters. The fourth-order valence-electron chi connectivity index (χ4n) is 3.17. The zero-order valence-electron chi connectivity index (χ0n) is 17.2. The lowest BCUT2D eigenvalue weighted by molar-refractivity contribution is 0.0679. The van der Waals surface area contributed by atoms with Crippen LogP contribution in [0.15, 0.2) is 97.9 Å². The molecule has 2 aromatic heterocycles. The van der Waals surface area contributed by atoms with Crippen LogP contribution in [0, 0.1) is 12.7 Å². The number of benzene rings is 2. The van der Waals surface area contributed by atoms with Gasteiger partial charge in [0.1, 0.15) is 11.6 Å². The molecule has 164 valence electrons. The van der Waals surface area contributed by atoms with Gasteiger partial charge in [-0.2, -0.15) is 0 Å². The highest BCUT2D eigenvalue weighted by molar-refractivity contribution is 7.91. The number of rotatable bonds is 7. The van der Waals surface area contributed by atoms with Crippen molar-refractivity contribution < 1.29 is 26.4 Å². The van der Waals surface area contributed by atoms with E-state index in [0.717, 1.165) is 5.56 Å². The summed E-state index contributed by atoms with van der Waals surface area (Å²) >= 11 is 0. The molecule has 0 N–H and O–H groups in total. The summed E-state index contributed by atoms with van der Waals surface area (Å²) in [5, 5.41) is -0.315. The van der Waals surface area contributed by atoms with Crippen LogP contribution in [0.25, 0.3) is 0 Å². The van der Waals surface area contributed by atoms with E-state index in [1.807, 2.05) is 6.92 Å². The van der Waals surface area contributed by atoms with Crippen LogP contribution in [-0.4, -0.2) is 19.2 Å². The molecular weight excluding hydrogens is 433 g/mol. The third kappa shape index (κ3) is 4.65. The molecule has 32 heavy (non-hydrogen) atoms. The van der Waals surface area contributed by atoms with Crippen molar-refractivity contribution in [2.45, 2.75) is 30.0 Å².